The van der Waals surface area contributed by atoms with Gasteiger partial charge in [-0.25, -0.2) is 0 Å². The summed E-state index contributed by atoms with van der Waals surface area (Å²) in [6.45, 7) is 7.81. The maximum atomic E-state index is 5.54. The summed E-state index contributed by atoms with van der Waals surface area (Å²) in [5, 5.41) is 8.07. The van der Waals surface area contributed by atoms with Crippen molar-refractivity contribution < 1.29 is 9.47 Å². The van der Waals surface area contributed by atoms with Crippen LogP contribution < -0.4 is 10.2 Å². The van der Waals surface area contributed by atoms with Gasteiger partial charge in [0, 0.05) is 46.5 Å². The number of nitrogens with one attached hydrogen (secondary N) is 1. The lowest BCUT2D eigenvalue weighted by atomic mass is 10.2. The van der Waals surface area contributed by atoms with E-state index in [0.717, 1.165) is 38.3 Å². The summed E-state index contributed by atoms with van der Waals surface area (Å²) in [4.78, 5) is 2.32. The Bertz CT molecular complexity index is 449. The topological polar surface area (TPSA) is 51.6 Å². The van der Waals surface area contributed by atoms with Crippen LogP contribution in [0.15, 0.2) is 0 Å². The Labute approximate surface area is 127 Å². The molecule has 1 aromatic rings. The van der Waals surface area contributed by atoms with Gasteiger partial charge in [-0.1, -0.05) is 6.92 Å². The van der Waals surface area contributed by atoms with E-state index in [1.807, 2.05) is 11.7 Å². The number of anilines is 1. The molecule has 1 aliphatic rings. The molecule has 2 unspecified atom stereocenters. The predicted molar refractivity (Wildman–Crippen MR) is 83.7 cm³/mol. The van der Waals surface area contributed by atoms with E-state index in [-0.39, 0.29) is 12.2 Å². The monoisotopic (exact) mass is 296 g/mol. The van der Waals surface area contributed by atoms with E-state index in [1.54, 1.807) is 14.2 Å². The van der Waals surface area contributed by atoms with Gasteiger partial charge in [0.15, 0.2) is 0 Å². The summed E-state index contributed by atoms with van der Waals surface area (Å²) in [7, 11) is 5.50. The van der Waals surface area contributed by atoms with Crippen LogP contribution in [0.2, 0.25) is 0 Å². The molecule has 1 saturated heterocycles. The molecule has 2 heterocycles. The van der Waals surface area contributed by atoms with Gasteiger partial charge >= 0.3 is 0 Å². The lowest BCUT2D eigenvalue weighted by Gasteiger charge is -2.20. The van der Waals surface area contributed by atoms with Crippen molar-refractivity contribution in [1.82, 2.24) is 15.1 Å². The zero-order valence-corrected chi connectivity index (χ0v) is 13.8. The Kier molecular flexibility index (Phi) is 5.61. The second-order valence-electron chi connectivity index (χ2n) is 5.64. The van der Waals surface area contributed by atoms with Crippen molar-refractivity contribution in [2.45, 2.75) is 39.0 Å². The lowest BCUT2D eigenvalue weighted by Crippen LogP contribution is -2.27. The summed E-state index contributed by atoms with van der Waals surface area (Å²) in [6, 6.07) is 0. The quantitative estimate of drug-likeness (QED) is 0.763. The first-order valence-corrected chi connectivity index (χ1v) is 7.66. The van der Waals surface area contributed by atoms with Crippen LogP contribution in [-0.4, -0.2) is 55.8 Å². The van der Waals surface area contributed by atoms with E-state index in [0.29, 0.717) is 0 Å². The van der Waals surface area contributed by atoms with E-state index < -0.39 is 0 Å². The van der Waals surface area contributed by atoms with Crippen LogP contribution in [0.1, 0.15) is 24.6 Å². The number of ether oxygens (including phenoxy) is 2. The van der Waals surface area contributed by atoms with Gasteiger partial charge in [0.1, 0.15) is 18.0 Å². The molecule has 1 fully saturated rings. The fourth-order valence-electron chi connectivity index (χ4n) is 3.05. The molecule has 0 bridgehead atoms. The molecular formula is C15H28N4O2. The Morgan fingerprint density at radius 3 is 2.38 bits per heavy atom. The molecule has 1 aliphatic heterocycles. The van der Waals surface area contributed by atoms with Crippen molar-refractivity contribution >= 4 is 5.82 Å². The van der Waals surface area contributed by atoms with Crippen LogP contribution in [0.5, 0.6) is 0 Å². The number of hydrogen-bond donors (Lipinski definition) is 1. The van der Waals surface area contributed by atoms with Crippen LogP contribution in [0.4, 0.5) is 5.82 Å². The highest BCUT2D eigenvalue weighted by Gasteiger charge is 2.35. The lowest BCUT2D eigenvalue weighted by molar-refractivity contribution is -0.00461. The average molecular weight is 296 g/mol. The highest BCUT2D eigenvalue weighted by Crippen LogP contribution is 2.28. The minimum atomic E-state index is 0.113. The van der Waals surface area contributed by atoms with Crippen molar-refractivity contribution in [2.24, 2.45) is 7.05 Å². The zero-order chi connectivity index (χ0) is 15.4. The summed E-state index contributed by atoms with van der Waals surface area (Å²) < 4.78 is 13.1. The van der Waals surface area contributed by atoms with Gasteiger partial charge in [-0.2, -0.15) is 5.10 Å². The minimum absolute atomic E-state index is 0.113. The summed E-state index contributed by atoms with van der Waals surface area (Å²) in [6.07, 6.45) is 1.36. The number of rotatable bonds is 7. The van der Waals surface area contributed by atoms with E-state index in [2.05, 4.69) is 29.2 Å². The number of aromatic nitrogens is 2. The Morgan fingerprint density at radius 1 is 1.24 bits per heavy atom. The van der Waals surface area contributed by atoms with Gasteiger partial charge in [-0.05, 0) is 19.9 Å². The average Bonchev–Trinajstić information content (AvgIpc) is 3.00. The van der Waals surface area contributed by atoms with Crippen molar-refractivity contribution in [3.05, 3.63) is 11.3 Å². The molecule has 0 radical (unpaired) electrons. The van der Waals surface area contributed by atoms with Crippen LogP contribution in [0.3, 0.4) is 0 Å². The number of nitrogens with zero attached hydrogens (tertiary/aromatic N) is 3. The molecule has 6 heteroatoms. The first-order valence-electron chi connectivity index (χ1n) is 7.66. The molecular weight excluding hydrogens is 268 g/mol. The van der Waals surface area contributed by atoms with Crippen molar-refractivity contribution in [1.29, 1.82) is 0 Å². The fourth-order valence-corrected chi connectivity index (χ4v) is 3.05. The second kappa shape index (κ2) is 7.24. The SMILES string of the molecule is CCCNCc1c(C)nn(C)c1N1CC(OC)C(OC)C1. The number of aryl methyl sites for hydroxylation is 2. The van der Waals surface area contributed by atoms with E-state index in [9.17, 15) is 0 Å². The summed E-state index contributed by atoms with van der Waals surface area (Å²) in [5.41, 5.74) is 2.36. The third kappa shape index (κ3) is 3.39. The van der Waals surface area contributed by atoms with Gasteiger partial charge in [0.25, 0.3) is 0 Å². The van der Waals surface area contributed by atoms with Crippen LogP contribution >= 0.6 is 0 Å². The fraction of sp³-hybridized carbons (Fsp3) is 0.800. The van der Waals surface area contributed by atoms with Gasteiger partial charge in [0.05, 0.1) is 5.69 Å². The minimum Gasteiger partial charge on any atom is -0.377 e. The molecule has 0 aliphatic carbocycles. The van der Waals surface area contributed by atoms with Crippen LogP contribution in [0.25, 0.3) is 0 Å². The van der Waals surface area contributed by atoms with Gasteiger partial charge in [-0.3, -0.25) is 4.68 Å². The van der Waals surface area contributed by atoms with Crippen molar-refractivity contribution in [3.8, 4) is 0 Å². The van der Waals surface area contributed by atoms with Crippen LogP contribution in [-0.2, 0) is 23.1 Å². The standard InChI is InChI=1S/C15H28N4O2/c1-6-7-16-8-12-11(2)17-18(3)15(12)19-9-13(20-4)14(10-19)21-5/h13-14,16H,6-10H2,1-5H3. The number of hydrogen-bond acceptors (Lipinski definition) is 5. The van der Waals surface area contributed by atoms with E-state index in [1.165, 1.54) is 11.4 Å². The Morgan fingerprint density at radius 2 is 1.86 bits per heavy atom. The summed E-state index contributed by atoms with van der Waals surface area (Å²) >= 11 is 0. The molecule has 21 heavy (non-hydrogen) atoms. The van der Waals surface area contributed by atoms with Gasteiger partial charge in [0.2, 0.25) is 0 Å². The second-order valence-corrected chi connectivity index (χ2v) is 5.64. The molecule has 6 nitrogen and oxygen atoms in total. The maximum absolute atomic E-state index is 5.54. The molecule has 1 N–H and O–H groups in total. The van der Waals surface area contributed by atoms with Gasteiger partial charge in [-0.15, -0.1) is 0 Å². The molecule has 0 amide bonds. The normalized spacial score (nSPS) is 22.2. The third-order valence-electron chi connectivity index (χ3n) is 4.16. The molecule has 1 aromatic heterocycles. The van der Waals surface area contributed by atoms with E-state index in [4.69, 9.17) is 9.47 Å². The summed E-state index contributed by atoms with van der Waals surface area (Å²) in [5.74, 6) is 1.18. The molecule has 0 spiro atoms. The largest absolute Gasteiger partial charge is 0.377 e. The Balaban J connectivity index is 2.19. The first-order chi connectivity index (χ1) is 10.1. The Hall–Kier alpha value is -1.11. The predicted octanol–water partition coefficient (Wildman–Crippen LogP) is 1.08. The number of methoxy groups -OCH3 is 2. The molecule has 2 rings (SSSR count). The zero-order valence-electron chi connectivity index (χ0n) is 13.8. The van der Waals surface area contributed by atoms with E-state index >= 15 is 0 Å². The van der Waals surface area contributed by atoms with Crippen molar-refractivity contribution in [2.75, 3.05) is 38.8 Å². The van der Waals surface area contributed by atoms with Crippen molar-refractivity contribution in [3.63, 3.8) is 0 Å². The highest BCUT2D eigenvalue weighted by molar-refractivity contribution is 5.51. The molecule has 120 valence electrons. The first kappa shape index (κ1) is 16.3. The smallest absolute Gasteiger partial charge is 0.131 e. The third-order valence-corrected chi connectivity index (χ3v) is 4.16. The molecule has 0 aromatic carbocycles. The molecule has 2 atom stereocenters. The van der Waals surface area contributed by atoms with Crippen LogP contribution in [0, 0.1) is 6.92 Å². The highest BCUT2D eigenvalue weighted by atomic mass is 16.5. The van der Waals surface area contributed by atoms with Gasteiger partial charge < -0.3 is 19.7 Å². The molecule has 0 saturated carbocycles. The maximum Gasteiger partial charge on any atom is 0.131 e.